The third-order valence-electron chi connectivity index (χ3n) is 6.15. The third-order valence-corrected chi connectivity index (χ3v) is 11.1. The van der Waals surface area contributed by atoms with Crippen molar-refractivity contribution in [3.05, 3.63) is 103 Å². The van der Waals surface area contributed by atoms with E-state index in [-0.39, 0.29) is 0 Å². The Labute approximate surface area is 236 Å². The summed E-state index contributed by atoms with van der Waals surface area (Å²) in [5, 5.41) is 0. The fraction of sp³-hybridized carbons (Fsp3) is 0.280. The van der Waals surface area contributed by atoms with Crippen LogP contribution in [0, 0.1) is 90.6 Å². The molecular formula is C25H18F12O4Zr. The van der Waals surface area contributed by atoms with Crippen LogP contribution < -0.4 is 0 Å². The first-order valence-electron chi connectivity index (χ1n) is 11.4. The average Bonchev–Trinajstić information content (AvgIpc) is 2.98. The van der Waals surface area contributed by atoms with Gasteiger partial charge in [-0.05, 0) is 0 Å². The van der Waals surface area contributed by atoms with E-state index in [2.05, 4.69) is 0 Å². The normalized spacial score (nSPS) is 12.0. The van der Waals surface area contributed by atoms with Gasteiger partial charge >= 0.3 is 237 Å². The molecule has 230 valence electrons. The molecule has 0 bridgehead atoms. The van der Waals surface area contributed by atoms with Gasteiger partial charge in [-0.15, -0.1) is 0 Å². The van der Waals surface area contributed by atoms with Crippen LogP contribution in [-0.4, -0.2) is 7.11 Å². The van der Waals surface area contributed by atoms with Crippen molar-refractivity contribution in [2.45, 2.75) is 40.6 Å². The van der Waals surface area contributed by atoms with E-state index in [4.69, 9.17) is 11.3 Å². The van der Waals surface area contributed by atoms with E-state index < -0.39 is 145 Å². The number of hydrogen-bond acceptors (Lipinski definition) is 4. The number of halogens is 12. The third kappa shape index (κ3) is 6.12. The molecule has 42 heavy (non-hydrogen) atoms. The zero-order valence-electron chi connectivity index (χ0n) is 21.8. The second-order valence-corrected chi connectivity index (χ2v) is 14.2. The van der Waals surface area contributed by atoms with E-state index in [9.17, 15) is 52.7 Å². The van der Waals surface area contributed by atoms with Gasteiger partial charge in [0.15, 0.2) is 0 Å². The molecule has 0 aliphatic rings. The molecule has 0 aliphatic carbocycles. The molecule has 0 saturated heterocycles. The van der Waals surface area contributed by atoms with Gasteiger partial charge in [0, 0.05) is 0 Å². The molecule has 0 fully saturated rings. The molecule has 17 heteroatoms. The Balaban J connectivity index is 2.06. The van der Waals surface area contributed by atoms with E-state index in [1.165, 1.54) is 0 Å². The Morgan fingerprint density at radius 1 is 0.381 bits per heavy atom. The second-order valence-electron chi connectivity index (χ2n) is 8.65. The number of rotatable bonds is 10. The maximum atomic E-state index is 14.4. The zero-order chi connectivity index (χ0) is 31.8. The second kappa shape index (κ2) is 13.0. The molecule has 0 heterocycles. The van der Waals surface area contributed by atoms with E-state index in [1.54, 1.807) is 0 Å². The quantitative estimate of drug-likeness (QED) is 0.161. The van der Waals surface area contributed by atoms with Crippen LogP contribution in [0.2, 0.25) is 0 Å². The standard InChI is InChI=1S/3C8H5F4O.CH3O.Zr/c3*1-3-5(9)7(11)4(2-13)8(12)6(3)10;1-2;/h3*2H2,1H3;1H3;/q4*-1;+4. The van der Waals surface area contributed by atoms with Crippen LogP contribution in [0.15, 0.2) is 0 Å². The Hall–Kier alpha value is -2.46. The Morgan fingerprint density at radius 3 is 0.738 bits per heavy atom. The first kappa shape index (κ1) is 34.0. The molecule has 0 saturated carbocycles. The van der Waals surface area contributed by atoms with Gasteiger partial charge in [0.1, 0.15) is 0 Å². The molecule has 3 aromatic carbocycles. The Bertz CT molecular complexity index is 1280. The molecule has 4 nitrogen and oxygen atoms in total. The molecular weight excluding hydrogens is 683 g/mol. The minimum absolute atomic E-state index is 0.686. The van der Waals surface area contributed by atoms with Crippen molar-refractivity contribution < 1.29 is 86.0 Å². The van der Waals surface area contributed by atoms with Gasteiger partial charge in [-0.2, -0.15) is 0 Å². The summed E-state index contributed by atoms with van der Waals surface area (Å²) in [6.07, 6.45) is 0. The molecule has 0 aromatic heterocycles. The molecule has 0 spiro atoms. The number of hydrogen-bond donors (Lipinski definition) is 0. The molecule has 0 unspecified atom stereocenters. The minimum atomic E-state index is -6.31. The van der Waals surface area contributed by atoms with Gasteiger partial charge < -0.3 is 0 Å². The van der Waals surface area contributed by atoms with Crippen molar-refractivity contribution in [3.8, 4) is 0 Å². The first-order valence-corrected chi connectivity index (χ1v) is 15.4. The van der Waals surface area contributed by atoms with Crippen molar-refractivity contribution in [2.75, 3.05) is 7.11 Å². The van der Waals surface area contributed by atoms with Crippen molar-refractivity contribution in [1.29, 1.82) is 0 Å². The van der Waals surface area contributed by atoms with E-state index >= 15 is 0 Å². The van der Waals surface area contributed by atoms with Crippen molar-refractivity contribution in [2.24, 2.45) is 0 Å². The predicted molar refractivity (Wildman–Crippen MR) is 114 cm³/mol. The van der Waals surface area contributed by atoms with Crippen LogP contribution in [0.1, 0.15) is 33.4 Å². The van der Waals surface area contributed by atoms with Crippen LogP contribution in [0.4, 0.5) is 52.7 Å². The summed E-state index contributed by atoms with van der Waals surface area (Å²) in [5.74, 6) is -22.8. The van der Waals surface area contributed by atoms with E-state index in [0.717, 1.165) is 0 Å². The molecule has 0 aliphatic heterocycles. The summed E-state index contributed by atoms with van der Waals surface area (Å²) in [6, 6.07) is 0. The fourth-order valence-electron chi connectivity index (χ4n) is 3.52. The van der Waals surface area contributed by atoms with Crippen LogP contribution >= 0.6 is 0 Å². The first-order chi connectivity index (χ1) is 19.5. The summed E-state index contributed by atoms with van der Waals surface area (Å²) in [6.45, 7) is -2.38. The molecule has 0 radical (unpaired) electrons. The summed E-state index contributed by atoms with van der Waals surface area (Å²) >= 11 is -6.31. The predicted octanol–water partition coefficient (Wildman–Crippen LogP) is 7.69. The summed E-state index contributed by atoms with van der Waals surface area (Å²) in [4.78, 5) is 0. The molecule has 0 amide bonds. The van der Waals surface area contributed by atoms with Crippen LogP contribution in [-0.2, 0) is 53.1 Å². The van der Waals surface area contributed by atoms with Crippen molar-refractivity contribution in [1.82, 2.24) is 0 Å². The van der Waals surface area contributed by atoms with Crippen LogP contribution in [0.25, 0.3) is 0 Å². The topological polar surface area (TPSA) is 36.9 Å². The molecule has 3 aromatic rings. The summed E-state index contributed by atoms with van der Waals surface area (Å²) < 4.78 is 191. The van der Waals surface area contributed by atoms with Crippen molar-refractivity contribution in [3.63, 3.8) is 0 Å². The summed E-state index contributed by atoms with van der Waals surface area (Å²) in [5.41, 5.74) is -7.41. The SMILES string of the molecule is C[O][Zr]([O]Cc1c(F)c(F)c(C)c(F)c1F)([O]Cc1c(F)c(F)c(C)c(F)c1F)[O]Cc1c(F)c(F)c(C)c(F)c1F. The molecule has 0 N–H and O–H groups in total. The van der Waals surface area contributed by atoms with Crippen molar-refractivity contribution >= 4 is 0 Å². The van der Waals surface area contributed by atoms with Gasteiger partial charge in [-0.1, -0.05) is 0 Å². The van der Waals surface area contributed by atoms with Gasteiger partial charge in [0.25, 0.3) is 0 Å². The maximum absolute atomic E-state index is 14.4. The van der Waals surface area contributed by atoms with E-state index in [1.807, 2.05) is 0 Å². The van der Waals surface area contributed by atoms with Crippen LogP contribution in [0.5, 0.6) is 0 Å². The van der Waals surface area contributed by atoms with Gasteiger partial charge in [0.2, 0.25) is 0 Å². The average molecular weight is 702 g/mol. The number of benzene rings is 3. The molecule has 0 atom stereocenters. The molecule has 3 rings (SSSR count). The van der Waals surface area contributed by atoms with Gasteiger partial charge in [-0.3, -0.25) is 0 Å². The van der Waals surface area contributed by atoms with E-state index in [0.29, 0.717) is 27.9 Å². The zero-order valence-corrected chi connectivity index (χ0v) is 24.2. The van der Waals surface area contributed by atoms with Gasteiger partial charge in [-0.25, -0.2) is 0 Å². The van der Waals surface area contributed by atoms with Crippen LogP contribution in [0.3, 0.4) is 0 Å². The Morgan fingerprint density at radius 2 is 0.571 bits per heavy atom. The fourth-order valence-corrected chi connectivity index (χ4v) is 7.38. The monoisotopic (exact) mass is 700 g/mol. The Kier molecular flexibility index (Phi) is 10.6. The summed E-state index contributed by atoms with van der Waals surface area (Å²) in [7, 11) is 0.686. The van der Waals surface area contributed by atoms with Gasteiger partial charge in [0.05, 0.1) is 0 Å².